The van der Waals surface area contributed by atoms with E-state index < -0.39 is 0 Å². The van der Waals surface area contributed by atoms with Crippen molar-refractivity contribution in [3.8, 4) is 0 Å². The molecule has 0 aliphatic rings. The van der Waals surface area contributed by atoms with E-state index in [1.165, 1.54) is 16.7 Å². The van der Waals surface area contributed by atoms with Crippen LogP contribution in [0.1, 0.15) is 30.0 Å². The number of carbonyl (C=O) groups is 1. The summed E-state index contributed by atoms with van der Waals surface area (Å²) in [6.07, 6.45) is 1.34. The van der Waals surface area contributed by atoms with Gasteiger partial charge in [-0.25, -0.2) is 0 Å². The number of hydrogen-bond donors (Lipinski definition) is 1. The topological polar surface area (TPSA) is 46.3 Å². The quantitative estimate of drug-likeness (QED) is 0.866. The predicted octanol–water partition coefficient (Wildman–Crippen LogP) is 2.04. The first-order chi connectivity index (χ1) is 8.45. The SMILES string of the molecule is Cc1ccc(CCC(=O)N(C)C(C)CN)c(C)c1. The van der Waals surface area contributed by atoms with Gasteiger partial charge in [0, 0.05) is 26.1 Å². The van der Waals surface area contributed by atoms with Gasteiger partial charge in [-0.05, 0) is 38.3 Å². The molecule has 1 aromatic carbocycles. The molecule has 0 aromatic heterocycles. The van der Waals surface area contributed by atoms with Gasteiger partial charge in [-0.3, -0.25) is 4.79 Å². The van der Waals surface area contributed by atoms with E-state index in [2.05, 4.69) is 32.0 Å². The summed E-state index contributed by atoms with van der Waals surface area (Å²) in [5.41, 5.74) is 9.34. The van der Waals surface area contributed by atoms with E-state index >= 15 is 0 Å². The zero-order chi connectivity index (χ0) is 13.7. The van der Waals surface area contributed by atoms with Gasteiger partial charge in [0.2, 0.25) is 5.91 Å². The summed E-state index contributed by atoms with van der Waals surface area (Å²) in [6.45, 7) is 6.65. The van der Waals surface area contributed by atoms with Gasteiger partial charge in [0.15, 0.2) is 0 Å². The number of nitrogens with two attached hydrogens (primary N) is 1. The summed E-state index contributed by atoms with van der Waals surface area (Å²) < 4.78 is 0. The molecular formula is C15H24N2O. The third-order valence-corrected chi connectivity index (χ3v) is 3.50. The molecule has 0 fully saturated rings. The van der Waals surface area contributed by atoms with Crippen LogP contribution in [-0.2, 0) is 11.2 Å². The molecule has 0 aliphatic heterocycles. The second-order valence-electron chi connectivity index (χ2n) is 5.02. The van der Waals surface area contributed by atoms with Crippen LogP contribution in [-0.4, -0.2) is 30.4 Å². The van der Waals surface area contributed by atoms with Gasteiger partial charge in [-0.1, -0.05) is 23.8 Å². The Morgan fingerprint density at radius 2 is 2.06 bits per heavy atom. The molecule has 1 unspecified atom stereocenters. The minimum Gasteiger partial charge on any atom is -0.342 e. The van der Waals surface area contributed by atoms with Crippen molar-refractivity contribution >= 4 is 5.91 Å². The van der Waals surface area contributed by atoms with Gasteiger partial charge in [-0.15, -0.1) is 0 Å². The number of hydrogen-bond acceptors (Lipinski definition) is 2. The van der Waals surface area contributed by atoms with Crippen molar-refractivity contribution < 1.29 is 4.79 Å². The van der Waals surface area contributed by atoms with E-state index in [0.717, 1.165) is 6.42 Å². The minimum absolute atomic E-state index is 0.108. The summed E-state index contributed by atoms with van der Waals surface area (Å²) in [4.78, 5) is 13.7. The predicted molar refractivity (Wildman–Crippen MR) is 75.5 cm³/mol. The zero-order valence-electron chi connectivity index (χ0n) is 11.9. The Morgan fingerprint density at radius 3 is 2.61 bits per heavy atom. The molecular weight excluding hydrogens is 224 g/mol. The van der Waals surface area contributed by atoms with E-state index in [1.54, 1.807) is 4.90 Å². The van der Waals surface area contributed by atoms with Crippen LogP contribution in [0.25, 0.3) is 0 Å². The van der Waals surface area contributed by atoms with Crippen molar-refractivity contribution in [2.24, 2.45) is 5.73 Å². The second-order valence-corrected chi connectivity index (χ2v) is 5.02. The van der Waals surface area contributed by atoms with Crippen LogP contribution in [0.2, 0.25) is 0 Å². The first-order valence-electron chi connectivity index (χ1n) is 6.47. The lowest BCUT2D eigenvalue weighted by atomic mass is 10.0. The van der Waals surface area contributed by atoms with Crippen LogP contribution in [0.4, 0.5) is 0 Å². The maximum absolute atomic E-state index is 12.0. The van der Waals surface area contributed by atoms with E-state index in [-0.39, 0.29) is 11.9 Å². The summed E-state index contributed by atoms with van der Waals surface area (Å²) in [5, 5.41) is 0. The maximum Gasteiger partial charge on any atom is 0.222 e. The van der Waals surface area contributed by atoms with E-state index in [0.29, 0.717) is 13.0 Å². The van der Waals surface area contributed by atoms with Crippen molar-refractivity contribution in [2.75, 3.05) is 13.6 Å². The molecule has 0 radical (unpaired) electrons. The molecule has 0 spiro atoms. The Balaban J connectivity index is 2.57. The Bertz CT molecular complexity index is 415. The van der Waals surface area contributed by atoms with Crippen LogP contribution in [0.5, 0.6) is 0 Å². The van der Waals surface area contributed by atoms with E-state index in [4.69, 9.17) is 5.73 Å². The molecule has 0 saturated heterocycles. The highest BCUT2D eigenvalue weighted by Gasteiger charge is 2.14. The van der Waals surface area contributed by atoms with Gasteiger partial charge in [0.05, 0.1) is 0 Å². The number of nitrogens with zero attached hydrogens (tertiary/aromatic N) is 1. The second kappa shape index (κ2) is 6.55. The number of benzene rings is 1. The van der Waals surface area contributed by atoms with Gasteiger partial charge < -0.3 is 10.6 Å². The Kier molecular flexibility index (Phi) is 5.35. The number of aryl methyl sites for hydroxylation is 3. The highest BCUT2D eigenvalue weighted by molar-refractivity contribution is 5.76. The van der Waals surface area contributed by atoms with Crippen LogP contribution in [0.3, 0.4) is 0 Å². The van der Waals surface area contributed by atoms with Gasteiger partial charge >= 0.3 is 0 Å². The molecule has 0 heterocycles. The number of rotatable bonds is 5. The zero-order valence-corrected chi connectivity index (χ0v) is 11.9. The standard InChI is InChI=1S/C15H24N2O/c1-11-5-6-14(12(2)9-11)7-8-15(18)17(4)13(3)10-16/h5-6,9,13H,7-8,10,16H2,1-4H3. The third-order valence-electron chi connectivity index (χ3n) is 3.50. The smallest absolute Gasteiger partial charge is 0.222 e. The monoisotopic (exact) mass is 248 g/mol. The molecule has 18 heavy (non-hydrogen) atoms. The molecule has 0 saturated carbocycles. The summed E-state index contributed by atoms with van der Waals surface area (Å²) in [5.74, 6) is 0.160. The van der Waals surface area contributed by atoms with Crippen LogP contribution >= 0.6 is 0 Å². The third kappa shape index (κ3) is 3.84. The van der Waals surface area contributed by atoms with Crippen LogP contribution < -0.4 is 5.73 Å². The lowest BCUT2D eigenvalue weighted by Gasteiger charge is -2.23. The van der Waals surface area contributed by atoms with Crippen molar-refractivity contribution in [1.29, 1.82) is 0 Å². The fourth-order valence-electron chi connectivity index (χ4n) is 1.95. The number of carbonyl (C=O) groups excluding carboxylic acids is 1. The van der Waals surface area contributed by atoms with E-state index in [1.807, 2.05) is 14.0 Å². The Hall–Kier alpha value is -1.35. The van der Waals surface area contributed by atoms with Crippen molar-refractivity contribution in [1.82, 2.24) is 4.90 Å². The molecule has 1 aromatic rings. The molecule has 1 amide bonds. The Morgan fingerprint density at radius 1 is 1.39 bits per heavy atom. The Labute approximate surface area is 110 Å². The van der Waals surface area contributed by atoms with Crippen molar-refractivity contribution in [3.63, 3.8) is 0 Å². The average molecular weight is 248 g/mol. The highest BCUT2D eigenvalue weighted by atomic mass is 16.2. The molecule has 100 valence electrons. The summed E-state index contributed by atoms with van der Waals surface area (Å²) in [6, 6.07) is 6.48. The molecule has 1 rings (SSSR count). The van der Waals surface area contributed by atoms with Crippen molar-refractivity contribution in [3.05, 3.63) is 34.9 Å². The minimum atomic E-state index is 0.108. The van der Waals surface area contributed by atoms with Gasteiger partial charge in [-0.2, -0.15) is 0 Å². The maximum atomic E-state index is 12.0. The summed E-state index contributed by atoms with van der Waals surface area (Å²) >= 11 is 0. The highest BCUT2D eigenvalue weighted by Crippen LogP contribution is 2.13. The molecule has 0 bridgehead atoms. The normalized spacial score (nSPS) is 12.3. The lowest BCUT2D eigenvalue weighted by Crippen LogP contribution is -2.39. The molecule has 3 nitrogen and oxygen atoms in total. The first kappa shape index (κ1) is 14.7. The fourth-order valence-corrected chi connectivity index (χ4v) is 1.95. The molecule has 0 aliphatic carbocycles. The molecule has 1 atom stereocenters. The molecule has 2 N–H and O–H groups in total. The fraction of sp³-hybridized carbons (Fsp3) is 0.533. The summed E-state index contributed by atoms with van der Waals surface area (Å²) in [7, 11) is 1.82. The number of likely N-dealkylation sites (N-methyl/N-ethyl adjacent to an activating group) is 1. The van der Waals surface area contributed by atoms with Gasteiger partial charge in [0.1, 0.15) is 0 Å². The van der Waals surface area contributed by atoms with Gasteiger partial charge in [0.25, 0.3) is 0 Å². The number of amides is 1. The van der Waals surface area contributed by atoms with Crippen LogP contribution in [0, 0.1) is 13.8 Å². The van der Waals surface area contributed by atoms with E-state index in [9.17, 15) is 4.79 Å². The lowest BCUT2D eigenvalue weighted by molar-refractivity contribution is -0.131. The first-order valence-corrected chi connectivity index (χ1v) is 6.47. The average Bonchev–Trinajstić information content (AvgIpc) is 2.35. The van der Waals surface area contributed by atoms with Crippen molar-refractivity contribution in [2.45, 2.75) is 39.7 Å². The molecule has 3 heteroatoms. The largest absolute Gasteiger partial charge is 0.342 e. The van der Waals surface area contributed by atoms with Crippen LogP contribution in [0.15, 0.2) is 18.2 Å².